The first kappa shape index (κ1) is 30.0. The van der Waals surface area contributed by atoms with Crippen molar-refractivity contribution < 1.29 is 23.8 Å². The van der Waals surface area contributed by atoms with Crippen LogP contribution in [0.25, 0.3) is 6.08 Å². The molecule has 0 radical (unpaired) electrons. The number of nitrogens with zero attached hydrogens (tertiary/aromatic N) is 1. The van der Waals surface area contributed by atoms with Crippen molar-refractivity contribution in [1.29, 1.82) is 0 Å². The van der Waals surface area contributed by atoms with Gasteiger partial charge in [0.25, 0.3) is 11.1 Å². The maximum atomic E-state index is 13.1. The molecule has 2 amide bonds. The fourth-order valence-corrected chi connectivity index (χ4v) is 5.71. The number of thioether (sulfide) groups is 1. The average Bonchev–Trinajstić information content (AvgIpc) is 3.16. The molecule has 210 valence electrons. The summed E-state index contributed by atoms with van der Waals surface area (Å²) in [5, 5.41) is 0.341. The van der Waals surface area contributed by atoms with E-state index in [1.807, 2.05) is 50.2 Å². The van der Waals surface area contributed by atoms with Gasteiger partial charge in [-0.15, -0.1) is 0 Å². The van der Waals surface area contributed by atoms with Crippen LogP contribution >= 0.6 is 39.3 Å². The number of halogens is 2. The molecule has 4 rings (SSSR count). The van der Waals surface area contributed by atoms with E-state index in [1.54, 1.807) is 12.1 Å². The molecular weight excluding hydrogens is 614 g/mol. The van der Waals surface area contributed by atoms with Crippen molar-refractivity contribution in [3.8, 4) is 17.2 Å². The van der Waals surface area contributed by atoms with Gasteiger partial charge in [0.05, 0.1) is 22.5 Å². The van der Waals surface area contributed by atoms with Gasteiger partial charge in [-0.05, 0) is 106 Å². The summed E-state index contributed by atoms with van der Waals surface area (Å²) in [4.78, 5) is 27.4. The molecule has 0 unspecified atom stereocenters. The van der Waals surface area contributed by atoms with Gasteiger partial charge in [0.1, 0.15) is 19.0 Å². The lowest BCUT2D eigenvalue weighted by Crippen LogP contribution is -2.32. The monoisotopic (exact) mass is 643 g/mol. The van der Waals surface area contributed by atoms with E-state index in [0.717, 1.165) is 34.2 Å². The fraction of sp³-hybridized carbons (Fsp3) is 0.290. The standard InChI is InChI=1S/C31H31BrClNO5S/c1-5-37-27-16-22(15-25(32)29(27)39-18-21-7-9-23(33)10-8-21)17-28-30(35)34(31(36)40-28)12-13-38-26-14-20(4)6-11-24(26)19(2)3/h6-11,14-17,19H,5,12-13,18H2,1-4H3/b28-17-. The highest BCUT2D eigenvalue weighted by Gasteiger charge is 2.35. The Morgan fingerprint density at radius 3 is 2.45 bits per heavy atom. The van der Waals surface area contributed by atoms with E-state index in [4.69, 9.17) is 25.8 Å². The summed E-state index contributed by atoms with van der Waals surface area (Å²) in [5.41, 5.74) is 3.85. The largest absolute Gasteiger partial charge is 0.491 e. The summed E-state index contributed by atoms with van der Waals surface area (Å²) in [6.45, 7) is 9.25. The molecule has 0 atom stereocenters. The zero-order valence-electron chi connectivity index (χ0n) is 22.8. The van der Waals surface area contributed by atoms with Crippen molar-refractivity contribution >= 4 is 56.5 Å². The molecule has 0 spiro atoms. The lowest BCUT2D eigenvalue weighted by molar-refractivity contribution is -0.123. The van der Waals surface area contributed by atoms with Crippen molar-refractivity contribution in [2.45, 2.75) is 40.2 Å². The van der Waals surface area contributed by atoms with Gasteiger partial charge < -0.3 is 14.2 Å². The normalized spacial score (nSPS) is 14.4. The number of amides is 2. The predicted octanol–water partition coefficient (Wildman–Crippen LogP) is 8.63. The quantitative estimate of drug-likeness (QED) is 0.195. The minimum atomic E-state index is -0.343. The van der Waals surface area contributed by atoms with Gasteiger partial charge in [0.2, 0.25) is 0 Å². The Balaban J connectivity index is 1.46. The number of imide groups is 1. The Labute approximate surface area is 252 Å². The van der Waals surface area contributed by atoms with Gasteiger partial charge in [-0.3, -0.25) is 14.5 Å². The molecule has 0 aliphatic carbocycles. The minimum Gasteiger partial charge on any atom is -0.491 e. The van der Waals surface area contributed by atoms with Crippen LogP contribution in [0.4, 0.5) is 4.79 Å². The molecule has 6 nitrogen and oxygen atoms in total. The molecule has 40 heavy (non-hydrogen) atoms. The summed E-state index contributed by atoms with van der Waals surface area (Å²) in [6, 6.07) is 17.2. The smallest absolute Gasteiger partial charge is 0.293 e. The van der Waals surface area contributed by atoms with Crippen LogP contribution in [0.3, 0.4) is 0 Å². The van der Waals surface area contributed by atoms with Crippen molar-refractivity contribution in [3.63, 3.8) is 0 Å². The van der Waals surface area contributed by atoms with E-state index in [9.17, 15) is 9.59 Å². The van der Waals surface area contributed by atoms with Gasteiger partial charge in [-0.1, -0.05) is 49.7 Å². The second kappa shape index (κ2) is 13.6. The van der Waals surface area contributed by atoms with Crippen LogP contribution in [-0.4, -0.2) is 35.8 Å². The number of hydrogen-bond acceptors (Lipinski definition) is 6. The molecule has 9 heteroatoms. The van der Waals surface area contributed by atoms with Crippen LogP contribution in [0, 0.1) is 6.92 Å². The first-order valence-corrected chi connectivity index (χ1v) is 15.0. The highest BCUT2D eigenvalue weighted by atomic mass is 79.9. The van der Waals surface area contributed by atoms with Crippen LogP contribution in [0.1, 0.15) is 48.9 Å². The first-order chi connectivity index (χ1) is 19.2. The van der Waals surface area contributed by atoms with E-state index in [-0.39, 0.29) is 24.3 Å². The maximum Gasteiger partial charge on any atom is 0.293 e. The summed E-state index contributed by atoms with van der Waals surface area (Å²) in [6.07, 6.45) is 1.69. The molecular formula is C31H31BrClNO5S. The number of carbonyl (C=O) groups excluding carboxylic acids is 2. The zero-order chi connectivity index (χ0) is 28.8. The van der Waals surface area contributed by atoms with Gasteiger partial charge in [0, 0.05) is 5.02 Å². The van der Waals surface area contributed by atoms with Gasteiger partial charge >= 0.3 is 0 Å². The van der Waals surface area contributed by atoms with Crippen LogP contribution in [0.2, 0.25) is 5.02 Å². The van der Waals surface area contributed by atoms with Gasteiger partial charge in [-0.25, -0.2) is 0 Å². The summed E-state index contributed by atoms with van der Waals surface area (Å²) >= 11 is 10.5. The van der Waals surface area contributed by atoms with Crippen molar-refractivity contribution in [2.75, 3.05) is 19.8 Å². The minimum absolute atomic E-state index is 0.166. The molecule has 1 heterocycles. The summed E-state index contributed by atoms with van der Waals surface area (Å²) < 4.78 is 18.6. The third kappa shape index (κ3) is 7.42. The van der Waals surface area contributed by atoms with Crippen molar-refractivity contribution in [1.82, 2.24) is 4.90 Å². The van der Waals surface area contributed by atoms with Crippen molar-refractivity contribution in [3.05, 3.63) is 91.3 Å². The number of aryl methyl sites for hydroxylation is 1. The number of carbonyl (C=O) groups is 2. The molecule has 1 fully saturated rings. The molecule has 3 aromatic carbocycles. The van der Waals surface area contributed by atoms with E-state index in [1.165, 1.54) is 4.90 Å². The third-order valence-corrected chi connectivity index (χ3v) is 7.91. The van der Waals surface area contributed by atoms with E-state index in [2.05, 4.69) is 41.9 Å². The number of hydrogen-bond donors (Lipinski definition) is 0. The van der Waals surface area contributed by atoms with Crippen LogP contribution in [-0.2, 0) is 11.4 Å². The first-order valence-electron chi connectivity index (χ1n) is 13.0. The van der Waals surface area contributed by atoms with E-state index < -0.39 is 0 Å². The van der Waals surface area contributed by atoms with E-state index >= 15 is 0 Å². The highest BCUT2D eigenvalue weighted by Crippen LogP contribution is 2.40. The maximum absolute atomic E-state index is 13.1. The molecule has 1 aliphatic rings. The number of ether oxygens (including phenoxy) is 3. The topological polar surface area (TPSA) is 65.1 Å². The molecule has 0 saturated carbocycles. The molecule has 0 bridgehead atoms. The van der Waals surface area contributed by atoms with Crippen molar-refractivity contribution in [2.24, 2.45) is 0 Å². The second-order valence-corrected chi connectivity index (χ2v) is 11.8. The lowest BCUT2D eigenvalue weighted by Gasteiger charge is -2.17. The Morgan fingerprint density at radius 2 is 1.75 bits per heavy atom. The molecule has 1 aliphatic heterocycles. The number of benzene rings is 3. The summed E-state index contributed by atoms with van der Waals surface area (Å²) in [5.74, 6) is 1.82. The zero-order valence-corrected chi connectivity index (χ0v) is 26.0. The van der Waals surface area contributed by atoms with Gasteiger partial charge in [0.15, 0.2) is 11.5 Å². The lowest BCUT2D eigenvalue weighted by atomic mass is 10.0. The Morgan fingerprint density at radius 1 is 1.00 bits per heavy atom. The van der Waals surface area contributed by atoms with Crippen LogP contribution < -0.4 is 14.2 Å². The molecule has 1 saturated heterocycles. The average molecular weight is 645 g/mol. The molecule has 3 aromatic rings. The summed E-state index contributed by atoms with van der Waals surface area (Å²) in [7, 11) is 0. The Hall–Kier alpha value is -2.94. The molecule has 0 N–H and O–H groups in total. The van der Waals surface area contributed by atoms with Crippen LogP contribution in [0.5, 0.6) is 17.2 Å². The number of rotatable bonds is 11. The van der Waals surface area contributed by atoms with Crippen LogP contribution in [0.15, 0.2) is 64.0 Å². The van der Waals surface area contributed by atoms with Gasteiger partial charge in [-0.2, -0.15) is 0 Å². The predicted molar refractivity (Wildman–Crippen MR) is 165 cm³/mol. The fourth-order valence-electron chi connectivity index (χ4n) is 4.15. The third-order valence-electron chi connectivity index (χ3n) is 6.16. The Bertz CT molecular complexity index is 1420. The Kier molecular flexibility index (Phi) is 10.2. The molecule has 0 aromatic heterocycles. The SMILES string of the molecule is CCOc1cc(/C=C2\SC(=O)N(CCOc3cc(C)ccc3C(C)C)C2=O)cc(Br)c1OCc1ccc(Cl)cc1. The second-order valence-electron chi connectivity index (χ2n) is 9.56. The van der Waals surface area contributed by atoms with E-state index in [0.29, 0.717) is 50.6 Å². The highest BCUT2D eigenvalue weighted by molar-refractivity contribution is 9.10.